The summed E-state index contributed by atoms with van der Waals surface area (Å²) in [5.74, 6) is -3.57. The molecule has 0 spiro atoms. The number of nitro groups is 1. The zero-order valence-electron chi connectivity index (χ0n) is 16.4. The molecule has 1 aromatic heterocycles. The Hall–Kier alpha value is -4.66. The van der Waals surface area contributed by atoms with Gasteiger partial charge in [-0.25, -0.2) is 0 Å². The molecule has 2 amide bonds. The number of rotatable bonds is 7. The van der Waals surface area contributed by atoms with Crippen molar-refractivity contribution in [2.24, 2.45) is 0 Å². The number of hydrogen-bond acceptors (Lipinski definition) is 9. The maximum Gasteiger partial charge on any atom is 0.315 e. The molecule has 0 fully saturated rings. The number of pyridine rings is 1. The predicted molar refractivity (Wildman–Crippen MR) is 107 cm³/mol. The molecular weight excluding hydrogens is 410 g/mol. The Kier molecular flexibility index (Phi) is 7.08. The number of aliphatic hydroxyl groups excluding tert-OH is 1. The second-order valence-corrected chi connectivity index (χ2v) is 6.08. The molecule has 31 heavy (non-hydrogen) atoms. The first-order chi connectivity index (χ1) is 14.7. The predicted octanol–water partition coefficient (Wildman–Crippen LogP) is 1.59. The highest BCUT2D eigenvalue weighted by molar-refractivity contribution is 6.05. The highest BCUT2D eigenvalue weighted by Gasteiger charge is 2.26. The third-order valence-electron chi connectivity index (χ3n) is 4.00. The molecule has 2 rings (SSSR count). The molecule has 12 heteroatoms. The van der Waals surface area contributed by atoms with E-state index in [1.165, 1.54) is 37.6 Å². The van der Waals surface area contributed by atoms with Gasteiger partial charge in [-0.15, -0.1) is 0 Å². The van der Waals surface area contributed by atoms with E-state index in [0.717, 1.165) is 24.1 Å². The van der Waals surface area contributed by atoms with Gasteiger partial charge in [0.05, 0.1) is 18.6 Å². The average Bonchev–Trinajstić information content (AvgIpc) is 2.74. The van der Waals surface area contributed by atoms with Crippen molar-refractivity contribution < 1.29 is 29.5 Å². The summed E-state index contributed by atoms with van der Waals surface area (Å²) in [7, 11) is 2.37. The standard InChI is InChI=1S/C19H17N5O7/c1-23(10-16(25)22-12-3-5-21-6-4-12)19(28)13(9-20)17(26)11-7-14(24(29)30)18(27)15(8-11)31-2/h3-8,26-27H,10H2,1-2H3,(H,21,22,25)/b17-13-. The number of nitriles is 1. The number of aromatic nitrogens is 1. The number of ether oxygens (including phenoxy) is 1. The average molecular weight is 427 g/mol. The number of aromatic hydroxyl groups is 1. The van der Waals surface area contributed by atoms with E-state index in [2.05, 4.69) is 10.3 Å². The Balaban J connectivity index is 2.31. The van der Waals surface area contributed by atoms with Crippen LogP contribution >= 0.6 is 0 Å². The summed E-state index contributed by atoms with van der Waals surface area (Å²) < 4.78 is 4.83. The lowest BCUT2D eigenvalue weighted by atomic mass is 10.1. The van der Waals surface area contributed by atoms with Crippen molar-refractivity contribution in [1.29, 1.82) is 5.26 Å². The van der Waals surface area contributed by atoms with E-state index in [4.69, 9.17) is 4.74 Å². The van der Waals surface area contributed by atoms with Crippen molar-refractivity contribution in [1.82, 2.24) is 9.88 Å². The summed E-state index contributed by atoms with van der Waals surface area (Å²) in [6, 6.07) is 6.42. The minimum Gasteiger partial charge on any atom is -0.506 e. The van der Waals surface area contributed by atoms with Gasteiger partial charge in [-0.3, -0.25) is 24.7 Å². The smallest absolute Gasteiger partial charge is 0.315 e. The number of nitrogens with zero attached hydrogens (tertiary/aromatic N) is 4. The quantitative estimate of drug-likeness (QED) is 0.194. The molecule has 0 unspecified atom stereocenters. The molecule has 0 saturated carbocycles. The molecule has 0 aliphatic heterocycles. The van der Waals surface area contributed by atoms with Gasteiger partial charge in [-0.1, -0.05) is 0 Å². The molecule has 0 atom stereocenters. The van der Waals surface area contributed by atoms with Crippen LogP contribution in [0.4, 0.5) is 11.4 Å². The maximum atomic E-state index is 12.6. The summed E-state index contributed by atoms with van der Waals surface area (Å²) in [5.41, 5.74) is -1.42. The van der Waals surface area contributed by atoms with Crippen LogP contribution < -0.4 is 10.1 Å². The molecule has 3 N–H and O–H groups in total. The summed E-state index contributed by atoms with van der Waals surface area (Å²) in [6.07, 6.45) is 2.92. The monoisotopic (exact) mass is 427 g/mol. The van der Waals surface area contributed by atoms with E-state index in [0.29, 0.717) is 5.69 Å². The fourth-order valence-corrected chi connectivity index (χ4v) is 2.48. The van der Waals surface area contributed by atoms with Crippen LogP contribution in [-0.4, -0.2) is 57.5 Å². The van der Waals surface area contributed by atoms with E-state index in [-0.39, 0.29) is 11.3 Å². The summed E-state index contributed by atoms with van der Waals surface area (Å²) >= 11 is 0. The zero-order chi connectivity index (χ0) is 23.1. The summed E-state index contributed by atoms with van der Waals surface area (Å²) in [4.78, 5) is 39.6. The van der Waals surface area contributed by atoms with Crippen LogP contribution in [0, 0.1) is 21.4 Å². The second kappa shape index (κ2) is 9.70. The molecule has 160 valence electrons. The number of nitrogens with one attached hydrogen (secondary N) is 1. The van der Waals surface area contributed by atoms with Crippen molar-refractivity contribution >= 4 is 28.9 Å². The number of anilines is 1. The van der Waals surface area contributed by atoms with Gasteiger partial charge in [0.25, 0.3) is 5.91 Å². The molecule has 0 bridgehead atoms. The SMILES string of the molecule is COc1cc(/C(O)=C(\C#N)C(=O)N(C)CC(=O)Nc2ccncc2)cc([N+](=O)[O-])c1O. The molecule has 12 nitrogen and oxygen atoms in total. The maximum absolute atomic E-state index is 12.6. The van der Waals surface area contributed by atoms with Crippen molar-refractivity contribution in [3.05, 3.63) is 57.9 Å². The van der Waals surface area contributed by atoms with Gasteiger partial charge < -0.3 is 25.2 Å². The number of methoxy groups -OCH3 is 1. The lowest BCUT2D eigenvalue weighted by Crippen LogP contribution is -2.35. The second-order valence-electron chi connectivity index (χ2n) is 6.08. The number of carbonyl (C=O) groups is 2. The lowest BCUT2D eigenvalue weighted by molar-refractivity contribution is -0.386. The number of hydrogen-bond donors (Lipinski definition) is 3. The van der Waals surface area contributed by atoms with Gasteiger partial charge in [0, 0.05) is 36.8 Å². The van der Waals surface area contributed by atoms with Gasteiger partial charge >= 0.3 is 5.69 Å². The van der Waals surface area contributed by atoms with Crippen LogP contribution in [-0.2, 0) is 9.59 Å². The van der Waals surface area contributed by atoms with E-state index in [9.17, 15) is 35.2 Å². The molecule has 0 aliphatic carbocycles. The summed E-state index contributed by atoms with van der Waals surface area (Å²) in [6.45, 7) is -0.446. The van der Waals surface area contributed by atoms with Crippen molar-refractivity contribution in [2.75, 3.05) is 26.0 Å². The Morgan fingerprint density at radius 1 is 1.35 bits per heavy atom. The first kappa shape index (κ1) is 22.6. The number of aliphatic hydroxyl groups is 1. The van der Waals surface area contributed by atoms with E-state index in [1.807, 2.05) is 0 Å². The number of phenols is 1. The van der Waals surface area contributed by atoms with Crippen LogP contribution in [0.5, 0.6) is 11.5 Å². The number of nitro benzene ring substituents is 1. The van der Waals surface area contributed by atoms with Gasteiger partial charge in [0.1, 0.15) is 11.8 Å². The highest BCUT2D eigenvalue weighted by Crippen LogP contribution is 2.38. The summed E-state index contributed by atoms with van der Waals surface area (Å²) in [5, 5.41) is 43.3. The molecule has 0 saturated heterocycles. The minimum absolute atomic E-state index is 0.305. The first-order valence-corrected chi connectivity index (χ1v) is 8.54. The minimum atomic E-state index is -1.00. The number of amides is 2. The van der Waals surface area contributed by atoms with Crippen molar-refractivity contribution in [2.45, 2.75) is 0 Å². The van der Waals surface area contributed by atoms with Crippen LogP contribution in [0.15, 0.2) is 42.2 Å². The fraction of sp³-hybridized carbons (Fsp3) is 0.158. The number of likely N-dealkylation sites (N-methyl/N-ethyl adjacent to an activating group) is 1. The van der Waals surface area contributed by atoms with Gasteiger partial charge in [-0.2, -0.15) is 5.26 Å². The Labute approximate surface area is 175 Å². The number of carbonyl (C=O) groups excluding carboxylic acids is 2. The molecule has 1 heterocycles. The molecule has 2 aromatic rings. The van der Waals surface area contributed by atoms with Gasteiger partial charge in [-0.05, 0) is 18.2 Å². The van der Waals surface area contributed by atoms with E-state index >= 15 is 0 Å². The van der Waals surface area contributed by atoms with E-state index < -0.39 is 46.1 Å². The molecule has 0 aliphatic rings. The Morgan fingerprint density at radius 2 is 2.00 bits per heavy atom. The van der Waals surface area contributed by atoms with Crippen LogP contribution in [0.1, 0.15) is 5.56 Å². The van der Waals surface area contributed by atoms with Crippen LogP contribution in [0.25, 0.3) is 5.76 Å². The molecule has 0 radical (unpaired) electrons. The Morgan fingerprint density at radius 3 is 2.55 bits per heavy atom. The first-order valence-electron chi connectivity index (χ1n) is 8.54. The molecule has 1 aromatic carbocycles. The van der Waals surface area contributed by atoms with E-state index in [1.54, 1.807) is 0 Å². The topological polar surface area (TPSA) is 179 Å². The van der Waals surface area contributed by atoms with Crippen molar-refractivity contribution in [3.8, 4) is 17.6 Å². The zero-order valence-corrected chi connectivity index (χ0v) is 16.4. The largest absolute Gasteiger partial charge is 0.506 e. The normalized spacial score (nSPS) is 11.0. The number of benzene rings is 1. The lowest BCUT2D eigenvalue weighted by Gasteiger charge is -2.17. The van der Waals surface area contributed by atoms with Crippen LogP contribution in [0.2, 0.25) is 0 Å². The molecular formula is C19H17N5O7. The van der Waals surface area contributed by atoms with Gasteiger partial charge in [0.2, 0.25) is 11.7 Å². The third kappa shape index (κ3) is 5.24. The van der Waals surface area contributed by atoms with Crippen molar-refractivity contribution in [3.63, 3.8) is 0 Å². The fourth-order valence-electron chi connectivity index (χ4n) is 2.48. The Bertz CT molecular complexity index is 1090. The highest BCUT2D eigenvalue weighted by atomic mass is 16.6. The number of phenolic OH excluding ortho intramolecular Hbond substituents is 1. The third-order valence-corrected chi connectivity index (χ3v) is 4.00. The van der Waals surface area contributed by atoms with Gasteiger partial charge in [0.15, 0.2) is 11.3 Å². The van der Waals surface area contributed by atoms with Crippen LogP contribution in [0.3, 0.4) is 0 Å².